The summed E-state index contributed by atoms with van der Waals surface area (Å²) in [6.45, 7) is 2.89. The lowest BCUT2D eigenvalue weighted by Gasteiger charge is -2.16. The van der Waals surface area contributed by atoms with E-state index >= 15 is 0 Å². The number of hydrogen-bond donors (Lipinski definition) is 2. The molecule has 1 rings (SSSR count). The predicted octanol–water partition coefficient (Wildman–Crippen LogP) is 1.23. The van der Waals surface area contributed by atoms with E-state index in [0.29, 0.717) is 13.2 Å². The third-order valence-electron chi connectivity index (χ3n) is 2.48. The van der Waals surface area contributed by atoms with Gasteiger partial charge < -0.3 is 15.2 Å². The molecule has 0 spiro atoms. The molecule has 1 aromatic carbocycles. The van der Waals surface area contributed by atoms with Crippen molar-refractivity contribution < 1.29 is 14.2 Å². The largest absolute Gasteiger partial charge is 0.395 e. The number of hydrogen-bond acceptors (Lipinski definition) is 3. The third-order valence-corrected chi connectivity index (χ3v) is 2.48. The van der Waals surface area contributed by atoms with E-state index in [1.54, 1.807) is 13.2 Å². The molecule has 0 fully saturated rings. The highest BCUT2D eigenvalue weighted by Gasteiger charge is 2.07. The summed E-state index contributed by atoms with van der Waals surface area (Å²) in [5, 5.41) is 12.2. The molecule has 0 radical (unpaired) electrons. The number of aliphatic hydroxyl groups is 1. The zero-order valence-corrected chi connectivity index (χ0v) is 9.66. The van der Waals surface area contributed by atoms with Crippen molar-refractivity contribution in [2.24, 2.45) is 0 Å². The third kappa shape index (κ3) is 3.89. The fourth-order valence-corrected chi connectivity index (χ4v) is 1.46. The fourth-order valence-electron chi connectivity index (χ4n) is 1.46. The Hall–Kier alpha value is -0.970. The summed E-state index contributed by atoms with van der Waals surface area (Å²) in [6, 6.07) is 4.57. The van der Waals surface area contributed by atoms with Crippen LogP contribution in [0.4, 0.5) is 4.39 Å². The van der Waals surface area contributed by atoms with Gasteiger partial charge >= 0.3 is 0 Å². The van der Waals surface area contributed by atoms with E-state index in [1.807, 2.05) is 6.92 Å². The van der Waals surface area contributed by atoms with Crippen molar-refractivity contribution in [2.75, 3.05) is 20.3 Å². The molecule has 0 heterocycles. The van der Waals surface area contributed by atoms with Crippen LogP contribution in [0.15, 0.2) is 18.2 Å². The van der Waals surface area contributed by atoms with Crippen LogP contribution < -0.4 is 5.32 Å². The zero-order chi connectivity index (χ0) is 12.0. The zero-order valence-electron chi connectivity index (χ0n) is 9.66. The smallest absolute Gasteiger partial charge is 0.123 e. The van der Waals surface area contributed by atoms with E-state index in [4.69, 9.17) is 9.84 Å². The highest BCUT2D eigenvalue weighted by molar-refractivity contribution is 5.26. The molecule has 1 unspecified atom stereocenters. The van der Waals surface area contributed by atoms with Gasteiger partial charge in [0.2, 0.25) is 0 Å². The van der Waals surface area contributed by atoms with E-state index in [0.717, 1.165) is 11.1 Å². The first-order valence-electron chi connectivity index (χ1n) is 5.25. The quantitative estimate of drug-likeness (QED) is 0.768. The molecule has 0 saturated heterocycles. The number of rotatable bonds is 6. The second-order valence-electron chi connectivity index (χ2n) is 3.79. The summed E-state index contributed by atoms with van der Waals surface area (Å²) in [7, 11) is 1.58. The van der Waals surface area contributed by atoms with Crippen LogP contribution in [0.1, 0.15) is 11.1 Å². The van der Waals surface area contributed by atoms with Crippen LogP contribution in [0.3, 0.4) is 0 Å². The first-order valence-corrected chi connectivity index (χ1v) is 5.25. The van der Waals surface area contributed by atoms with Crippen LogP contribution in [0.2, 0.25) is 0 Å². The standard InChI is InChI=1S/C12H18FNO2/c1-9-3-4-11(13)5-10(9)6-14-12(7-15)8-16-2/h3-5,12,14-15H,6-8H2,1-2H3. The molecule has 3 nitrogen and oxygen atoms in total. The SMILES string of the molecule is COCC(CO)NCc1cc(F)ccc1C. The summed E-state index contributed by atoms with van der Waals surface area (Å²) < 4.78 is 17.9. The number of aryl methyl sites for hydroxylation is 1. The van der Waals surface area contributed by atoms with Gasteiger partial charge in [0.05, 0.1) is 19.3 Å². The molecular weight excluding hydrogens is 209 g/mol. The lowest BCUT2D eigenvalue weighted by Crippen LogP contribution is -2.36. The fraction of sp³-hybridized carbons (Fsp3) is 0.500. The number of aliphatic hydroxyl groups excluding tert-OH is 1. The van der Waals surface area contributed by atoms with Gasteiger partial charge in [-0.15, -0.1) is 0 Å². The van der Waals surface area contributed by atoms with Crippen molar-refractivity contribution in [1.29, 1.82) is 0 Å². The summed E-state index contributed by atoms with van der Waals surface area (Å²) in [5.41, 5.74) is 1.93. The summed E-state index contributed by atoms with van der Waals surface area (Å²) in [5.74, 6) is -0.241. The van der Waals surface area contributed by atoms with Gasteiger partial charge in [-0.1, -0.05) is 6.07 Å². The first kappa shape index (κ1) is 13.1. The molecule has 1 aromatic rings. The van der Waals surface area contributed by atoms with Gasteiger partial charge in [0.25, 0.3) is 0 Å². The lowest BCUT2D eigenvalue weighted by atomic mass is 10.1. The van der Waals surface area contributed by atoms with E-state index in [2.05, 4.69) is 5.32 Å². The Labute approximate surface area is 95.2 Å². The van der Waals surface area contributed by atoms with Crippen LogP contribution >= 0.6 is 0 Å². The van der Waals surface area contributed by atoms with Crippen LogP contribution in [0.25, 0.3) is 0 Å². The van der Waals surface area contributed by atoms with Crippen LogP contribution in [-0.4, -0.2) is 31.5 Å². The van der Waals surface area contributed by atoms with E-state index in [-0.39, 0.29) is 18.5 Å². The van der Waals surface area contributed by atoms with Crippen molar-refractivity contribution in [3.8, 4) is 0 Å². The van der Waals surface area contributed by atoms with Crippen molar-refractivity contribution in [2.45, 2.75) is 19.5 Å². The predicted molar refractivity (Wildman–Crippen MR) is 60.7 cm³/mol. The molecule has 2 N–H and O–H groups in total. The summed E-state index contributed by atoms with van der Waals surface area (Å²) in [4.78, 5) is 0. The van der Waals surface area contributed by atoms with Gasteiger partial charge in [0.1, 0.15) is 5.82 Å². The molecule has 1 atom stereocenters. The lowest BCUT2D eigenvalue weighted by molar-refractivity contribution is 0.128. The molecule has 0 aromatic heterocycles. The molecule has 0 bridgehead atoms. The van der Waals surface area contributed by atoms with Gasteiger partial charge in [0, 0.05) is 13.7 Å². The van der Waals surface area contributed by atoms with Gasteiger partial charge in [-0.2, -0.15) is 0 Å². The second-order valence-corrected chi connectivity index (χ2v) is 3.79. The van der Waals surface area contributed by atoms with E-state index in [1.165, 1.54) is 12.1 Å². The maximum absolute atomic E-state index is 13.0. The van der Waals surface area contributed by atoms with Gasteiger partial charge in [-0.05, 0) is 30.2 Å². The molecular formula is C12H18FNO2. The highest BCUT2D eigenvalue weighted by Crippen LogP contribution is 2.10. The van der Waals surface area contributed by atoms with Crippen LogP contribution in [-0.2, 0) is 11.3 Å². The summed E-state index contributed by atoms with van der Waals surface area (Å²) >= 11 is 0. The second kappa shape index (κ2) is 6.58. The number of ether oxygens (including phenoxy) is 1. The Morgan fingerprint density at radius 2 is 2.25 bits per heavy atom. The molecule has 4 heteroatoms. The minimum atomic E-state index is -0.241. The topological polar surface area (TPSA) is 41.5 Å². The molecule has 16 heavy (non-hydrogen) atoms. The van der Waals surface area contributed by atoms with E-state index in [9.17, 15) is 4.39 Å². The maximum atomic E-state index is 13.0. The minimum Gasteiger partial charge on any atom is -0.395 e. The molecule has 0 aliphatic carbocycles. The Morgan fingerprint density at radius 3 is 2.88 bits per heavy atom. The van der Waals surface area contributed by atoms with Crippen LogP contribution in [0.5, 0.6) is 0 Å². The minimum absolute atomic E-state index is 0.00219. The first-order chi connectivity index (χ1) is 7.67. The van der Waals surface area contributed by atoms with Crippen molar-refractivity contribution in [3.05, 3.63) is 35.1 Å². The number of halogens is 1. The van der Waals surface area contributed by atoms with Crippen molar-refractivity contribution in [3.63, 3.8) is 0 Å². The van der Waals surface area contributed by atoms with Crippen molar-refractivity contribution in [1.82, 2.24) is 5.32 Å². The summed E-state index contributed by atoms with van der Waals surface area (Å²) in [6.07, 6.45) is 0. The Kier molecular flexibility index (Phi) is 5.38. The van der Waals surface area contributed by atoms with Gasteiger partial charge in [-0.25, -0.2) is 4.39 Å². The monoisotopic (exact) mass is 227 g/mol. The van der Waals surface area contributed by atoms with Gasteiger partial charge in [-0.3, -0.25) is 0 Å². The Balaban J connectivity index is 2.55. The molecule has 0 saturated carbocycles. The Bertz CT molecular complexity index is 331. The maximum Gasteiger partial charge on any atom is 0.123 e. The number of nitrogens with one attached hydrogen (secondary N) is 1. The average molecular weight is 227 g/mol. The molecule has 0 amide bonds. The van der Waals surface area contributed by atoms with Crippen molar-refractivity contribution >= 4 is 0 Å². The number of methoxy groups -OCH3 is 1. The molecule has 0 aliphatic rings. The normalized spacial score (nSPS) is 12.8. The Morgan fingerprint density at radius 1 is 1.50 bits per heavy atom. The molecule has 90 valence electrons. The van der Waals surface area contributed by atoms with Gasteiger partial charge in [0.15, 0.2) is 0 Å². The van der Waals surface area contributed by atoms with E-state index < -0.39 is 0 Å². The average Bonchev–Trinajstić information content (AvgIpc) is 2.28. The number of benzene rings is 1. The highest BCUT2D eigenvalue weighted by atomic mass is 19.1. The van der Waals surface area contributed by atoms with Crippen LogP contribution in [0, 0.1) is 12.7 Å². The molecule has 0 aliphatic heterocycles.